The number of likely N-dealkylation sites (tertiary alicyclic amines) is 2. The average molecular weight is 339 g/mol. The molecule has 2 heterocycles. The van der Waals surface area contributed by atoms with Gasteiger partial charge in [-0.25, -0.2) is 0 Å². The normalized spacial score (nSPS) is 25.6. The van der Waals surface area contributed by atoms with E-state index in [9.17, 15) is 9.90 Å². The lowest BCUT2D eigenvalue weighted by Crippen LogP contribution is -2.46. The van der Waals surface area contributed by atoms with E-state index in [4.69, 9.17) is 16.3 Å². The third kappa shape index (κ3) is 3.97. The molecule has 0 aromatic heterocycles. The SMILES string of the molecule is O=C(COc1ccccc1Cl)N1C[C@H](O)[C@@H](N2CCCCC2)C1. The first-order valence-corrected chi connectivity index (χ1v) is 8.60. The van der Waals surface area contributed by atoms with Gasteiger partial charge in [-0.05, 0) is 38.1 Å². The van der Waals surface area contributed by atoms with Crippen molar-refractivity contribution in [3.63, 3.8) is 0 Å². The number of benzene rings is 1. The number of piperidine rings is 1. The van der Waals surface area contributed by atoms with Crippen molar-refractivity contribution in [2.45, 2.75) is 31.4 Å². The number of ether oxygens (including phenoxy) is 1. The molecule has 0 aliphatic carbocycles. The van der Waals surface area contributed by atoms with E-state index in [1.54, 1.807) is 17.0 Å². The Labute approximate surface area is 141 Å². The van der Waals surface area contributed by atoms with Crippen LogP contribution in [0.4, 0.5) is 0 Å². The van der Waals surface area contributed by atoms with Crippen LogP contribution in [0.2, 0.25) is 5.02 Å². The molecule has 6 heteroatoms. The van der Waals surface area contributed by atoms with Crippen LogP contribution in [0.5, 0.6) is 5.75 Å². The van der Waals surface area contributed by atoms with Gasteiger partial charge in [0, 0.05) is 13.1 Å². The zero-order valence-electron chi connectivity index (χ0n) is 13.2. The van der Waals surface area contributed by atoms with Gasteiger partial charge >= 0.3 is 0 Å². The van der Waals surface area contributed by atoms with E-state index in [-0.39, 0.29) is 18.6 Å². The summed E-state index contributed by atoms with van der Waals surface area (Å²) >= 11 is 6.02. The van der Waals surface area contributed by atoms with E-state index in [0.717, 1.165) is 13.1 Å². The summed E-state index contributed by atoms with van der Waals surface area (Å²) in [6, 6.07) is 7.16. The van der Waals surface area contributed by atoms with Crippen molar-refractivity contribution in [3.8, 4) is 5.75 Å². The Morgan fingerprint density at radius 1 is 1.22 bits per heavy atom. The van der Waals surface area contributed by atoms with Gasteiger partial charge in [0.1, 0.15) is 5.75 Å². The highest BCUT2D eigenvalue weighted by atomic mass is 35.5. The molecule has 1 amide bonds. The van der Waals surface area contributed by atoms with Gasteiger partial charge in [-0.2, -0.15) is 0 Å². The van der Waals surface area contributed by atoms with Crippen LogP contribution in [0, 0.1) is 0 Å². The second kappa shape index (κ2) is 7.51. The van der Waals surface area contributed by atoms with Gasteiger partial charge < -0.3 is 14.7 Å². The summed E-state index contributed by atoms with van der Waals surface area (Å²) in [6.07, 6.45) is 3.13. The van der Waals surface area contributed by atoms with Crippen molar-refractivity contribution >= 4 is 17.5 Å². The number of para-hydroxylation sites is 1. The number of hydrogen-bond acceptors (Lipinski definition) is 4. The molecule has 1 aromatic rings. The minimum atomic E-state index is -0.475. The van der Waals surface area contributed by atoms with Crippen LogP contribution in [0.3, 0.4) is 0 Å². The molecule has 23 heavy (non-hydrogen) atoms. The second-order valence-electron chi connectivity index (χ2n) is 6.25. The zero-order valence-corrected chi connectivity index (χ0v) is 13.9. The number of amides is 1. The molecule has 5 nitrogen and oxygen atoms in total. The number of rotatable bonds is 4. The van der Waals surface area contributed by atoms with Crippen molar-refractivity contribution in [3.05, 3.63) is 29.3 Å². The van der Waals surface area contributed by atoms with Gasteiger partial charge in [-0.3, -0.25) is 9.69 Å². The van der Waals surface area contributed by atoms with E-state index >= 15 is 0 Å². The number of nitrogens with zero attached hydrogens (tertiary/aromatic N) is 2. The monoisotopic (exact) mass is 338 g/mol. The van der Waals surface area contributed by atoms with Crippen LogP contribution in [-0.2, 0) is 4.79 Å². The Hall–Kier alpha value is -1.30. The van der Waals surface area contributed by atoms with Gasteiger partial charge in [0.05, 0.1) is 17.2 Å². The number of carbonyl (C=O) groups excluding carboxylic acids is 1. The summed E-state index contributed by atoms with van der Waals surface area (Å²) in [4.78, 5) is 16.3. The molecule has 1 N–H and O–H groups in total. The third-order valence-corrected chi connectivity index (χ3v) is 4.97. The maximum Gasteiger partial charge on any atom is 0.260 e. The highest BCUT2D eigenvalue weighted by Crippen LogP contribution is 2.24. The smallest absolute Gasteiger partial charge is 0.260 e. The lowest BCUT2D eigenvalue weighted by molar-refractivity contribution is -0.132. The van der Waals surface area contributed by atoms with Crippen LogP contribution >= 0.6 is 11.6 Å². The Balaban J connectivity index is 1.53. The van der Waals surface area contributed by atoms with Crippen LogP contribution in [0.25, 0.3) is 0 Å². The third-order valence-electron chi connectivity index (χ3n) is 4.66. The van der Waals surface area contributed by atoms with E-state index in [2.05, 4.69) is 4.90 Å². The van der Waals surface area contributed by atoms with Gasteiger partial charge in [-0.1, -0.05) is 30.2 Å². The molecular formula is C17H23ClN2O3. The van der Waals surface area contributed by atoms with Crippen molar-refractivity contribution in [1.82, 2.24) is 9.80 Å². The van der Waals surface area contributed by atoms with Crippen molar-refractivity contribution in [2.24, 2.45) is 0 Å². The second-order valence-corrected chi connectivity index (χ2v) is 6.66. The summed E-state index contributed by atoms with van der Waals surface area (Å²) < 4.78 is 5.51. The van der Waals surface area contributed by atoms with Crippen LogP contribution < -0.4 is 4.74 Å². The summed E-state index contributed by atoms with van der Waals surface area (Å²) in [5, 5.41) is 10.8. The van der Waals surface area contributed by atoms with Gasteiger partial charge in [0.2, 0.25) is 0 Å². The average Bonchev–Trinajstić information content (AvgIpc) is 2.96. The largest absolute Gasteiger partial charge is 0.482 e. The highest BCUT2D eigenvalue weighted by molar-refractivity contribution is 6.32. The molecule has 126 valence electrons. The molecule has 2 atom stereocenters. The van der Waals surface area contributed by atoms with Gasteiger partial charge in [0.15, 0.2) is 6.61 Å². The molecule has 0 radical (unpaired) electrons. The predicted molar refractivity (Wildman–Crippen MR) is 88.7 cm³/mol. The lowest BCUT2D eigenvalue weighted by Gasteiger charge is -2.33. The van der Waals surface area contributed by atoms with Gasteiger partial charge in [-0.15, -0.1) is 0 Å². The first-order chi connectivity index (χ1) is 11.1. The van der Waals surface area contributed by atoms with E-state index in [1.165, 1.54) is 19.3 Å². The molecular weight excluding hydrogens is 316 g/mol. The minimum absolute atomic E-state index is 0.0524. The Morgan fingerprint density at radius 2 is 1.96 bits per heavy atom. The predicted octanol–water partition coefficient (Wildman–Crippen LogP) is 1.78. The number of hydrogen-bond donors (Lipinski definition) is 1. The number of β-amino-alcohol motifs (C(OH)–C–C–N with tert-alkyl or cyclic N) is 1. The first kappa shape index (κ1) is 16.6. The fourth-order valence-corrected chi connectivity index (χ4v) is 3.56. The van der Waals surface area contributed by atoms with Crippen molar-refractivity contribution in [1.29, 1.82) is 0 Å². The molecule has 0 saturated carbocycles. The molecule has 3 rings (SSSR count). The topological polar surface area (TPSA) is 53.0 Å². The number of halogens is 1. The fraction of sp³-hybridized carbons (Fsp3) is 0.588. The minimum Gasteiger partial charge on any atom is -0.482 e. The van der Waals surface area contributed by atoms with E-state index < -0.39 is 6.10 Å². The van der Waals surface area contributed by atoms with Gasteiger partial charge in [0.25, 0.3) is 5.91 Å². The number of aliphatic hydroxyl groups is 1. The van der Waals surface area contributed by atoms with Crippen LogP contribution in [-0.4, -0.2) is 65.7 Å². The molecule has 2 saturated heterocycles. The lowest BCUT2D eigenvalue weighted by atomic mass is 10.1. The van der Waals surface area contributed by atoms with Crippen molar-refractivity contribution in [2.75, 3.05) is 32.8 Å². The molecule has 1 aromatic carbocycles. The summed E-state index contributed by atoms with van der Waals surface area (Å²) in [5.74, 6) is 0.401. The first-order valence-electron chi connectivity index (χ1n) is 8.22. The van der Waals surface area contributed by atoms with Crippen LogP contribution in [0.1, 0.15) is 19.3 Å². The number of aliphatic hydroxyl groups excluding tert-OH is 1. The Kier molecular flexibility index (Phi) is 5.41. The number of carbonyl (C=O) groups is 1. The summed E-state index contributed by atoms with van der Waals surface area (Å²) in [6.45, 7) is 2.93. The molecule has 2 aliphatic rings. The van der Waals surface area contributed by atoms with E-state index in [0.29, 0.717) is 23.9 Å². The molecule has 0 bridgehead atoms. The quantitative estimate of drug-likeness (QED) is 0.909. The molecule has 2 fully saturated rings. The maximum atomic E-state index is 12.3. The van der Waals surface area contributed by atoms with Crippen molar-refractivity contribution < 1.29 is 14.6 Å². The molecule has 2 aliphatic heterocycles. The maximum absolute atomic E-state index is 12.3. The van der Waals surface area contributed by atoms with E-state index in [1.807, 2.05) is 12.1 Å². The molecule has 0 spiro atoms. The molecule has 0 unspecified atom stereocenters. The summed E-state index contributed by atoms with van der Waals surface area (Å²) in [7, 11) is 0. The Morgan fingerprint density at radius 3 is 2.70 bits per heavy atom. The highest BCUT2D eigenvalue weighted by Gasteiger charge is 2.37. The van der Waals surface area contributed by atoms with Crippen LogP contribution in [0.15, 0.2) is 24.3 Å². The summed E-state index contributed by atoms with van der Waals surface area (Å²) in [5.41, 5.74) is 0. The fourth-order valence-electron chi connectivity index (χ4n) is 3.37. The standard InChI is InChI=1S/C17H23ClN2O3/c18-13-6-2-3-7-16(13)23-12-17(22)20-10-14(15(21)11-20)19-8-4-1-5-9-19/h2-3,6-7,14-15,21H,1,4-5,8-12H2/t14-,15-/m0/s1. The zero-order chi connectivity index (χ0) is 16.2. The Bertz CT molecular complexity index is 548.